The lowest BCUT2D eigenvalue weighted by Gasteiger charge is -2.36. The molecule has 0 aliphatic carbocycles. The number of piperidine rings is 1. The second-order valence-corrected chi connectivity index (χ2v) is 10.3. The molecule has 4 rings (SSSR count). The first-order chi connectivity index (χ1) is 15.4. The van der Waals surface area contributed by atoms with Crippen molar-refractivity contribution in [1.29, 1.82) is 0 Å². The number of hydrogen-bond donors (Lipinski definition) is 1. The number of benzene rings is 2. The summed E-state index contributed by atoms with van der Waals surface area (Å²) in [4.78, 5) is 27.1. The number of rotatable bonds is 5. The third kappa shape index (κ3) is 4.56. The number of anilines is 1. The van der Waals surface area contributed by atoms with Gasteiger partial charge >= 0.3 is 0 Å². The van der Waals surface area contributed by atoms with E-state index in [0.29, 0.717) is 19.6 Å². The number of nitrogens with one attached hydrogen (secondary N) is 1. The van der Waals surface area contributed by atoms with Crippen molar-refractivity contribution in [3.63, 3.8) is 0 Å². The first-order valence-electron chi connectivity index (χ1n) is 11.1. The molecule has 32 heavy (non-hydrogen) atoms. The average Bonchev–Trinajstić information content (AvgIpc) is 2.80. The molecule has 8 heteroatoms. The fraction of sp³-hybridized carbons (Fsp3) is 0.417. The minimum Gasteiger partial charge on any atom is -0.335 e. The SMILES string of the molecule is CC(=O)N1CCc2ccccc2C1CC(=O)Nc1ccccc1S(=O)(=O)N1CCCCC1. The maximum atomic E-state index is 13.2. The van der Waals surface area contributed by atoms with Crippen LogP contribution < -0.4 is 5.32 Å². The zero-order valence-electron chi connectivity index (χ0n) is 18.3. The van der Waals surface area contributed by atoms with Gasteiger partial charge in [-0.3, -0.25) is 9.59 Å². The van der Waals surface area contributed by atoms with Gasteiger partial charge in [-0.1, -0.05) is 42.8 Å². The van der Waals surface area contributed by atoms with Gasteiger partial charge in [-0.15, -0.1) is 0 Å². The van der Waals surface area contributed by atoms with Gasteiger partial charge in [0.15, 0.2) is 0 Å². The minimum atomic E-state index is -3.69. The van der Waals surface area contributed by atoms with Crippen LogP contribution in [0.3, 0.4) is 0 Å². The number of carbonyl (C=O) groups is 2. The summed E-state index contributed by atoms with van der Waals surface area (Å²) in [6.07, 6.45) is 3.53. The lowest BCUT2D eigenvalue weighted by molar-refractivity contribution is -0.132. The smallest absolute Gasteiger partial charge is 0.245 e. The summed E-state index contributed by atoms with van der Waals surface area (Å²) in [5, 5.41) is 2.81. The maximum absolute atomic E-state index is 13.2. The highest BCUT2D eigenvalue weighted by atomic mass is 32.2. The third-order valence-electron chi connectivity index (χ3n) is 6.29. The van der Waals surface area contributed by atoms with Gasteiger partial charge in [0, 0.05) is 26.6 Å². The van der Waals surface area contributed by atoms with Gasteiger partial charge in [0.05, 0.1) is 18.2 Å². The Morgan fingerprint density at radius 1 is 0.969 bits per heavy atom. The van der Waals surface area contributed by atoms with Crippen molar-refractivity contribution in [2.45, 2.75) is 50.0 Å². The lowest BCUT2D eigenvalue weighted by Crippen LogP contribution is -2.40. The van der Waals surface area contributed by atoms with Crippen molar-refractivity contribution < 1.29 is 18.0 Å². The van der Waals surface area contributed by atoms with Crippen LogP contribution in [0.25, 0.3) is 0 Å². The van der Waals surface area contributed by atoms with E-state index in [4.69, 9.17) is 0 Å². The van der Waals surface area contributed by atoms with Crippen LogP contribution in [-0.4, -0.2) is 49.1 Å². The Bertz CT molecular complexity index is 1110. The number of nitrogens with zero attached hydrogens (tertiary/aromatic N) is 2. The molecule has 1 N–H and O–H groups in total. The molecule has 2 aromatic carbocycles. The molecule has 0 aromatic heterocycles. The Morgan fingerprint density at radius 3 is 2.41 bits per heavy atom. The number of hydrogen-bond acceptors (Lipinski definition) is 4. The molecule has 0 spiro atoms. The number of para-hydroxylation sites is 1. The Balaban J connectivity index is 1.57. The molecule has 1 fully saturated rings. The van der Waals surface area contributed by atoms with Crippen LogP contribution in [0.2, 0.25) is 0 Å². The molecular weight excluding hydrogens is 426 g/mol. The first kappa shape index (κ1) is 22.5. The van der Waals surface area contributed by atoms with Crippen LogP contribution in [0, 0.1) is 0 Å². The van der Waals surface area contributed by atoms with Crippen molar-refractivity contribution in [2.24, 2.45) is 0 Å². The quantitative estimate of drug-likeness (QED) is 0.749. The van der Waals surface area contributed by atoms with Gasteiger partial charge in [0.1, 0.15) is 4.90 Å². The highest BCUT2D eigenvalue weighted by Crippen LogP contribution is 2.33. The van der Waals surface area contributed by atoms with Crippen LogP contribution in [0.1, 0.15) is 49.8 Å². The summed E-state index contributed by atoms with van der Waals surface area (Å²) >= 11 is 0. The van der Waals surface area contributed by atoms with E-state index in [0.717, 1.165) is 36.8 Å². The van der Waals surface area contributed by atoms with Crippen LogP contribution in [0.15, 0.2) is 53.4 Å². The standard InChI is InChI=1S/C24H29N3O4S/c1-18(28)27-16-13-19-9-3-4-10-20(19)22(27)17-24(29)25-21-11-5-6-12-23(21)32(30,31)26-14-7-2-8-15-26/h3-6,9-12,22H,2,7-8,13-17H2,1H3,(H,25,29). The fourth-order valence-corrected chi connectivity index (χ4v) is 6.33. The summed E-state index contributed by atoms with van der Waals surface area (Å²) in [7, 11) is -3.69. The van der Waals surface area contributed by atoms with Crippen molar-refractivity contribution in [3.05, 3.63) is 59.7 Å². The van der Waals surface area contributed by atoms with Crippen molar-refractivity contribution in [2.75, 3.05) is 25.0 Å². The number of carbonyl (C=O) groups excluding carboxylic acids is 2. The Hall–Kier alpha value is -2.71. The van der Waals surface area contributed by atoms with Crippen molar-refractivity contribution >= 4 is 27.5 Å². The van der Waals surface area contributed by atoms with Gasteiger partial charge < -0.3 is 10.2 Å². The molecule has 2 heterocycles. The third-order valence-corrected chi connectivity index (χ3v) is 8.25. The molecule has 7 nitrogen and oxygen atoms in total. The molecule has 2 aromatic rings. The lowest BCUT2D eigenvalue weighted by atomic mass is 9.90. The largest absolute Gasteiger partial charge is 0.335 e. The van der Waals surface area contributed by atoms with Crippen LogP contribution in [-0.2, 0) is 26.0 Å². The van der Waals surface area contributed by atoms with E-state index in [9.17, 15) is 18.0 Å². The number of fused-ring (bicyclic) bond motifs is 1. The molecule has 0 saturated carbocycles. The molecule has 2 aliphatic rings. The molecule has 1 unspecified atom stereocenters. The van der Waals surface area contributed by atoms with E-state index in [-0.39, 0.29) is 34.9 Å². The molecule has 1 atom stereocenters. The highest BCUT2D eigenvalue weighted by molar-refractivity contribution is 7.89. The normalized spacial score (nSPS) is 19.3. The van der Waals surface area contributed by atoms with Gasteiger partial charge in [-0.05, 0) is 42.5 Å². The zero-order chi connectivity index (χ0) is 22.7. The van der Waals surface area contributed by atoms with E-state index in [1.807, 2.05) is 24.3 Å². The summed E-state index contributed by atoms with van der Waals surface area (Å²) in [6, 6.07) is 14.0. The topological polar surface area (TPSA) is 86.8 Å². The Labute approximate surface area is 189 Å². The molecule has 1 saturated heterocycles. The predicted octanol–water partition coefficient (Wildman–Crippen LogP) is 3.34. The van der Waals surface area contributed by atoms with E-state index in [1.54, 1.807) is 23.1 Å². The van der Waals surface area contributed by atoms with Crippen molar-refractivity contribution in [3.8, 4) is 0 Å². The van der Waals surface area contributed by atoms with Crippen LogP contribution >= 0.6 is 0 Å². The van der Waals surface area contributed by atoms with Gasteiger partial charge in [-0.2, -0.15) is 4.31 Å². The van der Waals surface area contributed by atoms with Crippen LogP contribution in [0.5, 0.6) is 0 Å². The van der Waals surface area contributed by atoms with Gasteiger partial charge in [0.2, 0.25) is 21.8 Å². The highest BCUT2D eigenvalue weighted by Gasteiger charge is 2.32. The molecule has 2 amide bonds. The Morgan fingerprint density at radius 2 is 1.66 bits per heavy atom. The fourth-order valence-electron chi connectivity index (χ4n) is 4.66. The van der Waals surface area contributed by atoms with Gasteiger partial charge in [-0.25, -0.2) is 8.42 Å². The molecule has 0 bridgehead atoms. The van der Waals surface area contributed by atoms with E-state index < -0.39 is 10.0 Å². The second kappa shape index (κ2) is 9.42. The minimum absolute atomic E-state index is 0.0642. The molecule has 2 aliphatic heterocycles. The maximum Gasteiger partial charge on any atom is 0.245 e. The summed E-state index contributed by atoms with van der Waals surface area (Å²) < 4.78 is 27.9. The average molecular weight is 456 g/mol. The van der Waals surface area contributed by atoms with Gasteiger partial charge in [0.25, 0.3) is 0 Å². The van der Waals surface area contributed by atoms with E-state index in [2.05, 4.69) is 5.32 Å². The summed E-state index contributed by atoms with van der Waals surface area (Å²) in [5.74, 6) is -0.398. The van der Waals surface area contributed by atoms with Crippen LogP contribution in [0.4, 0.5) is 5.69 Å². The second-order valence-electron chi connectivity index (χ2n) is 8.39. The summed E-state index contributed by atoms with van der Waals surface area (Å²) in [5.41, 5.74) is 2.38. The van der Waals surface area contributed by atoms with E-state index >= 15 is 0 Å². The van der Waals surface area contributed by atoms with Crippen molar-refractivity contribution in [1.82, 2.24) is 9.21 Å². The monoisotopic (exact) mass is 455 g/mol. The molecular formula is C24H29N3O4S. The zero-order valence-corrected chi connectivity index (χ0v) is 19.1. The number of amides is 2. The number of sulfonamides is 1. The molecule has 170 valence electrons. The Kier molecular flexibility index (Phi) is 6.62. The van der Waals surface area contributed by atoms with E-state index in [1.165, 1.54) is 17.3 Å². The molecule has 0 radical (unpaired) electrons. The predicted molar refractivity (Wildman–Crippen MR) is 123 cm³/mol. The summed E-state index contributed by atoms with van der Waals surface area (Å²) in [6.45, 7) is 3.07. The first-order valence-corrected chi connectivity index (χ1v) is 12.6.